The van der Waals surface area contributed by atoms with Gasteiger partial charge in [-0.15, -0.1) is 5.10 Å². The van der Waals surface area contributed by atoms with Gasteiger partial charge in [-0.3, -0.25) is 0 Å². The fourth-order valence-electron chi connectivity index (χ4n) is 0.819. The lowest BCUT2D eigenvalue weighted by Crippen LogP contribution is -1.83. The standard InChI is InChI=1S/C6H5N3S/c10-6-8-7-5-3-1-2-4-9(5)6/h1-4H,(H,8,10)/p-1. The fourth-order valence-corrected chi connectivity index (χ4v) is 1.01. The lowest BCUT2D eigenvalue weighted by atomic mass is 10.5. The SMILES string of the molecule is [S-]c1nnc2ccccn12. The van der Waals surface area contributed by atoms with E-state index in [0.717, 1.165) is 5.65 Å². The van der Waals surface area contributed by atoms with Crippen LogP contribution in [0.25, 0.3) is 5.65 Å². The molecule has 0 bridgehead atoms. The molecule has 2 rings (SSSR count). The van der Waals surface area contributed by atoms with Crippen LogP contribution in [0, 0.1) is 0 Å². The van der Waals surface area contributed by atoms with Crippen LogP contribution in [0.15, 0.2) is 29.6 Å². The van der Waals surface area contributed by atoms with E-state index in [1.54, 1.807) is 4.40 Å². The van der Waals surface area contributed by atoms with E-state index in [9.17, 15) is 0 Å². The Balaban J connectivity index is 2.93. The van der Waals surface area contributed by atoms with E-state index in [-0.39, 0.29) is 0 Å². The highest BCUT2D eigenvalue weighted by Crippen LogP contribution is 2.00. The van der Waals surface area contributed by atoms with Gasteiger partial charge in [0.2, 0.25) is 0 Å². The van der Waals surface area contributed by atoms with Gasteiger partial charge in [0, 0.05) is 11.4 Å². The highest BCUT2D eigenvalue weighted by Gasteiger charge is 1.89. The molecule has 0 radical (unpaired) electrons. The highest BCUT2D eigenvalue weighted by molar-refractivity contribution is 7.58. The van der Waals surface area contributed by atoms with E-state index in [1.165, 1.54) is 0 Å². The van der Waals surface area contributed by atoms with Gasteiger partial charge in [0.25, 0.3) is 0 Å². The Hall–Kier alpha value is -1.16. The Morgan fingerprint density at radius 2 is 2.20 bits per heavy atom. The topological polar surface area (TPSA) is 30.2 Å². The van der Waals surface area contributed by atoms with Gasteiger partial charge in [0.15, 0.2) is 5.65 Å². The van der Waals surface area contributed by atoms with Gasteiger partial charge in [0.05, 0.1) is 0 Å². The smallest absolute Gasteiger partial charge is 0.159 e. The molecule has 0 unspecified atom stereocenters. The Kier molecular flexibility index (Phi) is 1.07. The molecule has 0 N–H and O–H groups in total. The van der Waals surface area contributed by atoms with Crippen molar-refractivity contribution in [2.75, 3.05) is 0 Å². The molecule has 2 aromatic heterocycles. The maximum atomic E-state index is 4.88. The first kappa shape index (κ1) is 5.61. The third-order valence-corrected chi connectivity index (χ3v) is 1.56. The molecule has 0 aliphatic carbocycles. The molecule has 0 spiro atoms. The van der Waals surface area contributed by atoms with Crippen LogP contribution in [0.2, 0.25) is 0 Å². The highest BCUT2D eigenvalue weighted by atomic mass is 32.1. The summed E-state index contributed by atoms with van der Waals surface area (Å²) in [5.41, 5.74) is 0.799. The lowest BCUT2D eigenvalue weighted by Gasteiger charge is -1.98. The molecular weight excluding hydrogens is 146 g/mol. The van der Waals surface area contributed by atoms with Crippen molar-refractivity contribution in [1.82, 2.24) is 14.6 Å². The molecule has 0 saturated heterocycles. The second-order valence-electron chi connectivity index (χ2n) is 1.91. The van der Waals surface area contributed by atoms with E-state index < -0.39 is 0 Å². The molecule has 0 amide bonds. The zero-order valence-electron chi connectivity index (χ0n) is 5.06. The van der Waals surface area contributed by atoms with Crippen molar-refractivity contribution in [3.05, 3.63) is 24.4 Å². The molecule has 2 aromatic rings. The first-order valence-electron chi connectivity index (χ1n) is 2.85. The molecule has 0 saturated carbocycles. The maximum Gasteiger partial charge on any atom is 0.159 e. The van der Waals surface area contributed by atoms with E-state index in [1.807, 2.05) is 24.4 Å². The average Bonchev–Trinajstić information content (AvgIpc) is 2.34. The van der Waals surface area contributed by atoms with Crippen molar-refractivity contribution in [3.63, 3.8) is 0 Å². The van der Waals surface area contributed by atoms with E-state index in [2.05, 4.69) is 10.2 Å². The summed E-state index contributed by atoms with van der Waals surface area (Å²) in [6, 6.07) is 5.66. The minimum absolute atomic E-state index is 0.510. The summed E-state index contributed by atoms with van der Waals surface area (Å²) < 4.78 is 1.76. The molecule has 0 aliphatic rings. The largest absolute Gasteiger partial charge is 0.740 e. The Morgan fingerprint density at radius 1 is 1.30 bits per heavy atom. The van der Waals surface area contributed by atoms with Crippen LogP contribution in [-0.4, -0.2) is 14.6 Å². The molecule has 0 aliphatic heterocycles. The van der Waals surface area contributed by atoms with Crippen molar-refractivity contribution in [1.29, 1.82) is 0 Å². The summed E-state index contributed by atoms with van der Waals surface area (Å²) in [5, 5.41) is 8.06. The zero-order valence-corrected chi connectivity index (χ0v) is 5.88. The van der Waals surface area contributed by atoms with Gasteiger partial charge in [-0.25, -0.2) is 0 Å². The van der Waals surface area contributed by atoms with Crippen molar-refractivity contribution in [3.8, 4) is 0 Å². The summed E-state index contributed by atoms with van der Waals surface area (Å²) in [7, 11) is 0. The maximum absolute atomic E-state index is 4.88. The first-order chi connectivity index (χ1) is 4.88. The van der Waals surface area contributed by atoms with E-state index in [0.29, 0.717) is 5.16 Å². The molecule has 0 atom stereocenters. The van der Waals surface area contributed by atoms with Gasteiger partial charge >= 0.3 is 0 Å². The molecule has 2 heterocycles. The third-order valence-electron chi connectivity index (χ3n) is 1.28. The van der Waals surface area contributed by atoms with Crippen molar-refractivity contribution >= 4 is 18.3 Å². The fraction of sp³-hybridized carbons (Fsp3) is 0. The number of hydrogen-bond donors (Lipinski definition) is 0. The molecular formula is C6H4N3S-. The summed E-state index contributed by atoms with van der Waals surface area (Å²) in [6.07, 6.45) is 1.84. The summed E-state index contributed by atoms with van der Waals surface area (Å²) in [6.45, 7) is 0. The third kappa shape index (κ3) is 0.657. The number of rotatable bonds is 0. The van der Waals surface area contributed by atoms with Crippen LogP contribution >= 0.6 is 0 Å². The predicted octanol–water partition coefficient (Wildman–Crippen LogP) is 0.635. The zero-order chi connectivity index (χ0) is 6.97. The van der Waals surface area contributed by atoms with Crippen LogP contribution in [0.3, 0.4) is 0 Å². The second-order valence-corrected chi connectivity index (χ2v) is 2.28. The van der Waals surface area contributed by atoms with E-state index >= 15 is 0 Å². The summed E-state index contributed by atoms with van der Waals surface area (Å²) in [5.74, 6) is 0. The van der Waals surface area contributed by atoms with Crippen molar-refractivity contribution in [2.24, 2.45) is 0 Å². The molecule has 10 heavy (non-hydrogen) atoms. The molecule has 0 aromatic carbocycles. The molecule has 50 valence electrons. The number of fused-ring (bicyclic) bond motifs is 1. The number of aromatic nitrogens is 3. The Labute approximate surface area is 63.1 Å². The van der Waals surface area contributed by atoms with Gasteiger partial charge < -0.3 is 17.0 Å². The first-order valence-corrected chi connectivity index (χ1v) is 3.25. The molecule has 3 nitrogen and oxygen atoms in total. The van der Waals surface area contributed by atoms with Crippen LogP contribution < -0.4 is 0 Å². The molecule has 4 heteroatoms. The van der Waals surface area contributed by atoms with Crippen molar-refractivity contribution in [2.45, 2.75) is 5.16 Å². The Bertz CT molecular complexity index is 355. The van der Waals surface area contributed by atoms with Gasteiger partial charge in [-0.2, -0.15) is 5.10 Å². The van der Waals surface area contributed by atoms with Crippen LogP contribution in [0.4, 0.5) is 0 Å². The number of pyridine rings is 1. The van der Waals surface area contributed by atoms with Crippen LogP contribution in [0.5, 0.6) is 0 Å². The van der Waals surface area contributed by atoms with Crippen LogP contribution in [-0.2, 0) is 12.6 Å². The minimum atomic E-state index is 0.510. The van der Waals surface area contributed by atoms with Gasteiger partial charge in [-0.1, -0.05) is 6.07 Å². The van der Waals surface area contributed by atoms with E-state index in [4.69, 9.17) is 12.6 Å². The number of nitrogens with zero attached hydrogens (tertiary/aromatic N) is 3. The normalized spacial score (nSPS) is 10.4. The second kappa shape index (κ2) is 1.91. The van der Waals surface area contributed by atoms with Gasteiger partial charge in [-0.05, 0) is 12.1 Å². The lowest BCUT2D eigenvalue weighted by molar-refractivity contribution is 0.927. The van der Waals surface area contributed by atoms with Crippen LogP contribution in [0.1, 0.15) is 0 Å². The summed E-state index contributed by atoms with van der Waals surface area (Å²) >= 11 is 4.88. The summed E-state index contributed by atoms with van der Waals surface area (Å²) in [4.78, 5) is 0. The van der Waals surface area contributed by atoms with Gasteiger partial charge in [0.1, 0.15) is 0 Å². The molecule has 0 fully saturated rings. The number of hydrogen-bond acceptors (Lipinski definition) is 3. The predicted molar refractivity (Wildman–Crippen MR) is 38.6 cm³/mol. The quantitative estimate of drug-likeness (QED) is 0.516. The monoisotopic (exact) mass is 150 g/mol. The van der Waals surface area contributed by atoms with Crippen molar-refractivity contribution < 1.29 is 0 Å². The Morgan fingerprint density at radius 3 is 3.00 bits per heavy atom. The minimum Gasteiger partial charge on any atom is -0.740 e. The average molecular weight is 150 g/mol.